The van der Waals surface area contributed by atoms with E-state index in [9.17, 15) is 4.79 Å². The highest BCUT2D eigenvalue weighted by Crippen LogP contribution is 2.15. The first-order valence-corrected chi connectivity index (χ1v) is 8.01. The molecule has 0 radical (unpaired) electrons. The maximum atomic E-state index is 12.1. The van der Waals surface area contributed by atoms with Crippen molar-refractivity contribution in [1.82, 2.24) is 5.43 Å². The third-order valence-electron chi connectivity index (χ3n) is 3.85. The lowest BCUT2D eigenvalue weighted by molar-refractivity contribution is 0.0954. The molecule has 2 aromatic rings. The number of hydrogen-bond acceptors (Lipinski definition) is 3. The Balaban J connectivity index is 1.55. The summed E-state index contributed by atoms with van der Waals surface area (Å²) in [5.41, 5.74) is 6.43. The largest absolute Gasteiger partial charge is 0.489 e. The van der Waals surface area contributed by atoms with Gasteiger partial charge in [0.2, 0.25) is 0 Å². The third-order valence-corrected chi connectivity index (χ3v) is 3.85. The summed E-state index contributed by atoms with van der Waals surface area (Å²) in [5, 5.41) is 4.16. The van der Waals surface area contributed by atoms with Crippen LogP contribution in [0, 0.1) is 0 Å². The zero-order valence-electron chi connectivity index (χ0n) is 13.7. The lowest BCUT2D eigenvalue weighted by atomic mass is 10.1. The Morgan fingerprint density at radius 1 is 1.08 bits per heavy atom. The normalized spacial score (nSPS) is 15.2. The van der Waals surface area contributed by atoms with Crippen molar-refractivity contribution in [3.63, 3.8) is 0 Å². The number of carbonyl (C=O) groups is 1. The minimum absolute atomic E-state index is 0.198. The Labute approximate surface area is 141 Å². The molecule has 4 heteroatoms. The van der Waals surface area contributed by atoms with Crippen LogP contribution in [0.2, 0.25) is 0 Å². The number of nitrogens with zero attached hydrogens (tertiary/aromatic N) is 1. The molecule has 0 fully saturated rings. The summed E-state index contributed by atoms with van der Waals surface area (Å²) in [4.78, 5) is 12.1. The predicted molar refractivity (Wildman–Crippen MR) is 95.1 cm³/mol. The van der Waals surface area contributed by atoms with Crippen LogP contribution in [0.4, 0.5) is 0 Å². The van der Waals surface area contributed by atoms with Crippen LogP contribution in [0.5, 0.6) is 5.75 Å². The quantitative estimate of drug-likeness (QED) is 0.844. The zero-order valence-corrected chi connectivity index (χ0v) is 13.7. The number of nitrogens with one attached hydrogen (secondary N) is 1. The number of hydrogen-bond donors (Lipinski definition) is 1. The van der Waals surface area contributed by atoms with Crippen LogP contribution in [0.3, 0.4) is 0 Å². The molecule has 1 aliphatic carbocycles. The van der Waals surface area contributed by atoms with Crippen LogP contribution in [-0.2, 0) is 6.61 Å². The number of allylic oxidation sites excluding steroid dienone is 2. The average Bonchev–Trinajstić information content (AvgIpc) is 3.04. The fraction of sp³-hybridized carbons (Fsp3) is 0.200. The minimum atomic E-state index is -0.198. The van der Waals surface area contributed by atoms with E-state index in [0.717, 1.165) is 29.9 Å². The molecule has 0 aliphatic heterocycles. The van der Waals surface area contributed by atoms with E-state index in [-0.39, 0.29) is 5.91 Å². The van der Waals surface area contributed by atoms with Gasteiger partial charge in [-0.25, -0.2) is 5.43 Å². The maximum absolute atomic E-state index is 12.1. The monoisotopic (exact) mass is 320 g/mol. The van der Waals surface area contributed by atoms with Crippen LogP contribution >= 0.6 is 0 Å². The van der Waals surface area contributed by atoms with Crippen molar-refractivity contribution in [2.24, 2.45) is 5.10 Å². The molecule has 0 saturated carbocycles. The summed E-state index contributed by atoms with van der Waals surface area (Å²) in [5.74, 6) is 0.631. The standard InChI is InChI=1S/C20H20N2O2/c1-15-7-12-18(13-15)21-22-20(23)17-10-8-16(9-11-17)14-24-19-5-3-2-4-6-19/h2-6,8-11,13H,7,12,14H2,1H3,(H,22,23)/b21-18+. The topological polar surface area (TPSA) is 50.7 Å². The maximum Gasteiger partial charge on any atom is 0.271 e. The molecular formula is C20H20N2O2. The van der Waals surface area contributed by atoms with Gasteiger partial charge in [-0.05, 0) is 55.7 Å². The average molecular weight is 320 g/mol. The molecular weight excluding hydrogens is 300 g/mol. The third kappa shape index (κ3) is 4.32. The molecule has 24 heavy (non-hydrogen) atoms. The second kappa shape index (κ2) is 7.59. The smallest absolute Gasteiger partial charge is 0.271 e. The van der Waals surface area contributed by atoms with Gasteiger partial charge in [0, 0.05) is 5.56 Å². The van der Waals surface area contributed by atoms with Gasteiger partial charge in [0.05, 0.1) is 5.71 Å². The van der Waals surface area contributed by atoms with E-state index < -0.39 is 0 Å². The van der Waals surface area contributed by atoms with E-state index in [0.29, 0.717) is 12.2 Å². The highest BCUT2D eigenvalue weighted by Gasteiger charge is 2.09. The molecule has 0 spiro atoms. The molecule has 0 aromatic heterocycles. The summed E-state index contributed by atoms with van der Waals surface area (Å²) in [6, 6.07) is 17.0. The summed E-state index contributed by atoms with van der Waals surface area (Å²) < 4.78 is 5.69. The van der Waals surface area contributed by atoms with E-state index >= 15 is 0 Å². The van der Waals surface area contributed by atoms with E-state index in [2.05, 4.69) is 17.5 Å². The lowest BCUT2D eigenvalue weighted by Crippen LogP contribution is -2.18. The number of ether oxygens (including phenoxy) is 1. The minimum Gasteiger partial charge on any atom is -0.489 e. The van der Waals surface area contributed by atoms with Gasteiger partial charge in [-0.3, -0.25) is 4.79 Å². The Morgan fingerprint density at radius 3 is 2.50 bits per heavy atom. The summed E-state index contributed by atoms with van der Waals surface area (Å²) in [6.07, 6.45) is 3.93. The Morgan fingerprint density at radius 2 is 1.83 bits per heavy atom. The fourth-order valence-corrected chi connectivity index (χ4v) is 2.47. The van der Waals surface area contributed by atoms with Gasteiger partial charge in [0.25, 0.3) is 5.91 Å². The molecule has 1 N–H and O–H groups in total. The van der Waals surface area contributed by atoms with Crippen molar-refractivity contribution >= 4 is 11.6 Å². The molecule has 0 atom stereocenters. The fourth-order valence-electron chi connectivity index (χ4n) is 2.47. The van der Waals surface area contributed by atoms with Gasteiger partial charge in [-0.15, -0.1) is 0 Å². The Bertz CT molecular complexity index is 762. The van der Waals surface area contributed by atoms with Crippen LogP contribution in [0.1, 0.15) is 35.7 Å². The second-order valence-corrected chi connectivity index (χ2v) is 5.83. The summed E-state index contributed by atoms with van der Waals surface area (Å²) >= 11 is 0. The summed E-state index contributed by atoms with van der Waals surface area (Å²) in [6.45, 7) is 2.54. The first-order valence-electron chi connectivity index (χ1n) is 8.01. The number of para-hydroxylation sites is 1. The van der Waals surface area contributed by atoms with E-state index in [1.165, 1.54) is 5.57 Å². The van der Waals surface area contributed by atoms with Crippen molar-refractivity contribution in [1.29, 1.82) is 0 Å². The molecule has 0 heterocycles. The molecule has 1 amide bonds. The van der Waals surface area contributed by atoms with Crippen LogP contribution in [-0.4, -0.2) is 11.6 Å². The van der Waals surface area contributed by atoms with Crippen LogP contribution < -0.4 is 10.2 Å². The number of amides is 1. The van der Waals surface area contributed by atoms with Crippen molar-refractivity contribution < 1.29 is 9.53 Å². The van der Waals surface area contributed by atoms with Crippen LogP contribution in [0.25, 0.3) is 0 Å². The highest BCUT2D eigenvalue weighted by molar-refractivity contribution is 6.00. The van der Waals surface area contributed by atoms with Crippen molar-refractivity contribution in [3.8, 4) is 5.75 Å². The van der Waals surface area contributed by atoms with E-state index in [1.807, 2.05) is 48.5 Å². The number of rotatable bonds is 5. The molecule has 2 aromatic carbocycles. The number of carbonyl (C=O) groups excluding carboxylic acids is 1. The molecule has 0 unspecified atom stereocenters. The number of benzene rings is 2. The second-order valence-electron chi connectivity index (χ2n) is 5.83. The van der Waals surface area contributed by atoms with Crippen molar-refractivity contribution in [2.75, 3.05) is 0 Å². The Kier molecular flexibility index (Phi) is 5.06. The van der Waals surface area contributed by atoms with E-state index in [1.54, 1.807) is 12.1 Å². The Hall–Kier alpha value is -2.88. The van der Waals surface area contributed by atoms with E-state index in [4.69, 9.17) is 4.74 Å². The first kappa shape index (κ1) is 16.0. The van der Waals surface area contributed by atoms with Gasteiger partial charge in [0.1, 0.15) is 12.4 Å². The van der Waals surface area contributed by atoms with Gasteiger partial charge < -0.3 is 4.74 Å². The van der Waals surface area contributed by atoms with Gasteiger partial charge >= 0.3 is 0 Å². The van der Waals surface area contributed by atoms with Gasteiger partial charge in [-0.1, -0.05) is 35.9 Å². The molecule has 0 bridgehead atoms. The molecule has 1 aliphatic rings. The van der Waals surface area contributed by atoms with Crippen LogP contribution in [0.15, 0.2) is 71.3 Å². The SMILES string of the molecule is CC1=C/C(=N/NC(=O)c2ccc(COc3ccccc3)cc2)CC1. The number of hydrazone groups is 1. The van der Waals surface area contributed by atoms with Crippen molar-refractivity contribution in [2.45, 2.75) is 26.4 Å². The first-order chi connectivity index (χ1) is 11.7. The molecule has 0 saturated heterocycles. The van der Waals surface area contributed by atoms with Crippen molar-refractivity contribution in [3.05, 3.63) is 77.4 Å². The van der Waals surface area contributed by atoms with Gasteiger partial charge in [-0.2, -0.15) is 5.10 Å². The predicted octanol–water partition coefficient (Wildman–Crippen LogP) is 4.09. The molecule has 3 rings (SSSR count). The zero-order chi connectivity index (χ0) is 16.8. The molecule has 4 nitrogen and oxygen atoms in total. The lowest BCUT2D eigenvalue weighted by Gasteiger charge is -2.07. The molecule has 122 valence electrons. The summed E-state index contributed by atoms with van der Waals surface area (Å²) in [7, 11) is 0. The highest BCUT2D eigenvalue weighted by atomic mass is 16.5. The van der Waals surface area contributed by atoms with Gasteiger partial charge in [0.15, 0.2) is 0 Å².